The Bertz CT molecular complexity index is 522. The minimum absolute atomic E-state index is 0.0561. The zero-order chi connectivity index (χ0) is 16.9. The van der Waals surface area contributed by atoms with Gasteiger partial charge in [0.15, 0.2) is 6.10 Å². The summed E-state index contributed by atoms with van der Waals surface area (Å²) >= 11 is 0. The fourth-order valence-corrected chi connectivity index (χ4v) is 1.53. The molecular weight excluding hydrogens is 308 g/mol. The quantitative estimate of drug-likeness (QED) is 0.819. The monoisotopic (exact) mass is 324 g/mol. The molecule has 1 atom stereocenters. The van der Waals surface area contributed by atoms with Crippen molar-refractivity contribution in [2.45, 2.75) is 19.2 Å². The van der Waals surface area contributed by atoms with E-state index in [1.54, 1.807) is 6.92 Å². The Labute approximate surface area is 124 Å². The highest BCUT2D eigenvalue weighted by atomic mass is 19.4. The number of alkyl halides is 3. The fourth-order valence-electron chi connectivity index (χ4n) is 1.53. The number of benzene rings is 1. The van der Waals surface area contributed by atoms with Crippen LogP contribution in [0.2, 0.25) is 0 Å². The number of carbonyl (C=O) groups excluding carboxylic acids is 1. The highest BCUT2D eigenvalue weighted by Crippen LogP contribution is 2.26. The van der Waals surface area contributed by atoms with Crippen LogP contribution in [0.25, 0.3) is 0 Å². The Morgan fingerprint density at radius 2 is 2.09 bits per heavy atom. The normalized spacial score (nSPS) is 12.7. The van der Waals surface area contributed by atoms with Gasteiger partial charge in [-0.3, -0.25) is 0 Å². The summed E-state index contributed by atoms with van der Waals surface area (Å²) in [7, 11) is 1.09. The number of carbonyl (C=O) groups is 1. The Hall–Kier alpha value is -2.03. The summed E-state index contributed by atoms with van der Waals surface area (Å²) in [6.07, 6.45) is -7.47. The summed E-state index contributed by atoms with van der Waals surface area (Å²) in [5.74, 6) is -0.525. The smallest absolute Gasteiger partial charge is 0.416 e. The van der Waals surface area contributed by atoms with Gasteiger partial charge in [0, 0.05) is 13.1 Å². The van der Waals surface area contributed by atoms with Crippen molar-refractivity contribution < 1.29 is 32.2 Å². The van der Waals surface area contributed by atoms with Crippen LogP contribution in [-0.2, 0) is 0 Å². The second-order valence-corrected chi connectivity index (χ2v) is 4.44. The van der Waals surface area contributed by atoms with Crippen LogP contribution in [0, 0.1) is 5.82 Å². The molecule has 9 heteroatoms. The molecule has 0 spiro atoms. The van der Waals surface area contributed by atoms with Crippen LogP contribution in [0.15, 0.2) is 18.2 Å². The van der Waals surface area contributed by atoms with Gasteiger partial charge in [-0.25, -0.2) is 9.18 Å². The summed E-state index contributed by atoms with van der Waals surface area (Å²) in [5.41, 5.74) is 0.113. The van der Waals surface area contributed by atoms with Gasteiger partial charge in [0.2, 0.25) is 0 Å². The van der Waals surface area contributed by atoms with Gasteiger partial charge in [-0.15, -0.1) is 0 Å². The Morgan fingerprint density at radius 3 is 2.64 bits per heavy atom. The molecule has 2 amide bonds. The van der Waals surface area contributed by atoms with Crippen LogP contribution >= 0.6 is 0 Å². The van der Waals surface area contributed by atoms with Crippen LogP contribution < -0.4 is 10.1 Å². The molecule has 1 aromatic carbocycles. The number of hydrogen-bond acceptors (Lipinski definition) is 3. The van der Waals surface area contributed by atoms with E-state index < -0.39 is 30.7 Å². The van der Waals surface area contributed by atoms with E-state index in [1.165, 1.54) is 6.07 Å². The van der Waals surface area contributed by atoms with E-state index in [-0.39, 0.29) is 18.0 Å². The maximum absolute atomic E-state index is 13.1. The highest BCUT2D eigenvalue weighted by molar-refractivity contribution is 5.90. The predicted molar refractivity (Wildman–Crippen MR) is 71.3 cm³/mol. The summed E-state index contributed by atoms with van der Waals surface area (Å²) in [5, 5.41) is 11.2. The minimum atomic E-state index is -4.82. The number of nitrogens with zero attached hydrogens (tertiary/aromatic N) is 1. The maximum Gasteiger partial charge on any atom is 0.416 e. The Morgan fingerprint density at radius 1 is 1.45 bits per heavy atom. The highest BCUT2D eigenvalue weighted by Gasteiger charge is 2.39. The number of ether oxygens (including phenoxy) is 1. The van der Waals surface area contributed by atoms with Crippen molar-refractivity contribution >= 4 is 11.7 Å². The van der Waals surface area contributed by atoms with E-state index in [4.69, 9.17) is 9.84 Å². The van der Waals surface area contributed by atoms with Crippen LogP contribution in [0.5, 0.6) is 5.75 Å². The molecule has 0 aliphatic rings. The first-order valence-electron chi connectivity index (χ1n) is 6.34. The molecule has 0 saturated heterocycles. The molecule has 0 aliphatic carbocycles. The number of rotatable bonds is 5. The van der Waals surface area contributed by atoms with E-state index in [2.05, 4.69) is 5.32 Å². The van der Waals surface area contributed by atoms with Crippen molar-refractivity contribution in [2.75, 3.05) is 25.5 Å². The first kappa shape index (κ1) is 18.0. The first-order chi connectivity index (χ1) is 10.1. The van der Waals surface area contributed by atoms with Crippen molar-refractivity contribution in [3.05, 3.63) is 24.0 Å². The van der Waals surface area contributed by atoms with Crippen LogP contribution in [0.1, 0.15) is 6.92 Å². The van der Waals surface area contributed by atoms with E-state index in [0.29, 0.717) is 4.90 Å². The van der Waals surface area contributed by atoms with Crippen LogP contribution in [-0.4, -0.2) is 48.5 Å². The van der Waals surface area contributed by atoms with Crippen LogP contribution in [0.3, 0.4) is 0 Å². The molecule has 0 bridgehead atoms. The zero-order valence-corrected chi connectivity index (χ0v) is 11.9. The number of aliphatic hydroxyl groups is 1. The van der Waals surface area contributed by atoms with E-state index in [9.17, 15) is 22.4 Å². The SMILES string of the molecule is CCOc1cc(F)ccc1NC(=O)N(C)CC(O)C(F)(F)F. The molecule has 1 rings (SSSR count). The molecule has 5 nitrogen and oxygen atoms in total. The lowest BCUT2D eigenvalue weighted by molar-refractivity contribution is -0.205. The molecule has 0 heterocycles. The molecule has 124 valence electrons. The lowest BCUT2D eigenvalue weighted by Crippen LogP contribution is -2.43. The number of hydrogen-bond donors (Lipinski definition) is 2. The average Bonchev–Trinajstić information content (AvgIpc) is 2.40. The van der Waals surface area contributed by atoms with Gasteiger partial charge in [0.1, 0.15) is 11.6 Å². The molecule has 0 aliphatic heterocycles. The molecule has 2 N–H and O–H groups in total. The van der Waals surface area contributed by atoms with Gasteiger partial charge in [-0.05, 0) is 19.1 Å². The van der Waals surface area contributed by atoms with Gasteiger partial charge in [-0.1, -0.05) is 0 Å². The average molecular weight is 324 g/mol. The molecule has 1 aromatic rings. The third-order valence-corrected chi connectivity index (χ3v) is 2.66. The van der Waals surface area contributed by atoms with E-state index in [1.807, 2.05) is 0 Å². The lowest BCUT2D eigenvalue weighted by atomic mass is 10.3. The Kier molecular flexibility index (Phi) is 5.98. The van der Waals surface area contributed by atoms with Crippen molar-refractivity contribution in [3.8, 4) is 5.75 Å². The van der Waals surface area contributed by atoms with Gasteiger partial charge >= 0.3 is 12.2 Å². The van der Waals surface area contributed by atoms with Gasteiger partial charge in [0.05, 0.1) is 18.8 Å². The number of amides is 2. The lowest BCUT2D eigenvalue weighted by Gasteiger charge is -2.23. The van der Waals surface area contributed by atoms with Gasteiger partial charge in [-0.2, -0.15) is 13.2 Å². The maximum atomic E-state index is 13.1. The number of nitrogens with one attached hydrogen (secondary N) is 1. The van der Waals surface area contributed by atoms with Crippen molar-refractivity contribution in [3.63, 3.8) is 0 Å². The largest absolute Gasteiger partial charge is 0.492 e. The summed E-state index contributed by atoms with van der Waals surface area (Å²) in [6.45, 7) is 0.942. The second kappa shape index (κ2) is 7.30. The predicted octanol–water partition coefficient (Wildman–Crippen LogP) is 2.61. The van der Waals surface area contributed by atoms with Crippen LogP contribution in [0.4, 0.5) is 28.0 Å². The number of anilines is 1. The van der Waals surface area contributed by atoms with E-state index in [0.717, 1.165) is 19.2 Å². The Balaban J connectivity index is 2.76. The minimum Gasteiger partial charge on any atom is -0.492 e. The molecule has 1 unspecified atom stereocenters. The topological polar surface area (TPSA) is 61.8 Å². The fraction of sp³-hybridized carbons (Fsp3) is 0.462. The number of aliphatic hydroxyl groups excluding tert-OH is 1. The van der Waals surface area contributed by atoms with Crippen molar-refractivity contribution in [2.24, 2.45) is 0 Å². The van der Waals surface area contributed by atoms with Gasteiger partial charge < -0.3 is 20.1 Å². The number of halogens is 4. The molecule has 0 aromatic heterocycles. The zero-order valence-electron chi connectivity index (χ0n) is 11.9. The molecular formula is C13H16F4N2O3. The molecule has 22 heavy (non-hydrogen) atoms. The van der Waals surface area contributed by atoms with E-state index >= 15 is 0 Å². The summed E-state index contributed by atoms with van der Waals surface area (Å²) in [6, 6.07) is 2.45. The molecule has 0 fully saturated rings. The third kappa shape index (κ3) is 5.06. The molecule has 0 radical (unpaired) electrons. The molecule has 0 saturated carbocycles. The van der Waals surface area contributed by atoms with Crippen molar-refractivity contribution in [1.29, 1.82) is 0 Å². The second-order valence-electron chi connectivity index (χ2n) is 4.44. The van der Waals surface area contributed by atoms with Gasteiger partial charge in [0.25, 0.3) is 0 Å². The number of likely N-dealkylation sites (N-methyl/N-ethyl adjacent to an activating group) is 1. The summed E-state index contributed by atoms with van der Waals surface area (Å²) < 4.78 is 55.0. The number of urea groups is 1. The standard InChI is InChI=1S/C13H16F4N2O3/c1-3-22-10-6-8(14)4-5-9(10)18-12(21)19(2)7-11(20)13(15,16)17/h4-6,11,20H,3,7H2,1-2H3,(H,18,21). The first-order valence-corrected chi connectivity index (χ1v) is 6.34. The third-order valence-electron chi connectivity index (χ3n) is 2.66. The van der Waals surface area contributed by atoms with Crippen molar-refractivity contribution in [1.82, 2.24) is 4.90 Å². The summed E-state index contributed by atoms with van der Waals surface area (Å²) in [4.78, 5) is 12.5.